The van der Waals surface area contributed by atoms with Gasteiger partial charge in [-0.25, -0.2) is 0 Å². The fraction of sp³-hybridized carbons (Fsp3) is 0.500. The van der Waals surface area contributed by atoms with Crippen molar-refractivity contribution in [3.05, 3.63) is 63.6 Å². The van der Waals surface area contributed by atoms with E-state index in [1.807, 2.05) is 30.3 Å². The molecule has 4 rings (SSSR count). The van der Waals surface area contributed by atoms with E-state index < -0.39 is 0 Å². The number of benzene rings is 2. The number of hydrogen-bond acceptors (Lipinski definition) is 5. The standard InChI is InChI=1S/C24H29Cl2NO4/c25-21-4-3-5-22(26)20(21)17-31-19-9-7-18(8-10-19)23-16-27(11-14-28-23)12-15-30-24-6-1-2-13-29-24/h3-5,7-10,23-24H,1-2,6,11-17H2. The summed E-state index contributed by atoms with van der Waals surface area (Å²) in [5.41, 5.74) is 1.94. The molecule has 168 valence electrons. The summed E-state index contributed by atoms with van der Waals surface area (Å²) in [6.45, 7) is 5.21. The van der Waals surface area contributed by atoms with Crippen LogP contribution in [0.1, 0.15) is 36.5 Å². The molecule has 0 spiro atoms. The third-order valence-electron chi connectivity index (χ3n) is 5.70. The molecule has 7 heteroatoms. The van der Waals surface area contributed by atoms with Crippen LogP contribution in [-0.4, -0.2) is 50.6 Å². The molecular formula is C24H29Cl2NO4. The van der Waals surface area contributed by atoms with E-state index in [0.717, 1.165) is 56.0 Å². The smallest absolute Gasteiger partial charge is 0.157 e. The first-order valence-electron chi connectivity index (χ1n) is 10.9. The molecule has 2 saturated heterocycles. The third kappa shape index (κ3) is 6.58. The first-order chi connectivity index (χ1) is 15.2. The highest BCUT2D eigenvalue weighted by molar-refractivity contribution is 6.35. The van der Waals surface area contributed by atoms with E-state index >= 15 is 0 Å². The summed E-state index contributed by atoms with van der Waals surface area (Å²) in [7, 11) is 0. The van der Waals surface area contributed by atoms with Crippen LogP contribution in [0.25, 0.3) is 0 Å². The molecule has 0 saturated carbocycles. The van der Waals surface area contributed by atoms with Crippen LogP contribution in [0.15, 0.2) is 42.5 Å². The Balaban J connectivity index is 1.25. The Bertz CT molecular complexity index is 807. The van der Waals surface area contributed by atoms with Crippen LogP contribution in [-0.2, 0) is 20.8 Å². The van der Waals surface area contributed by atoms with Crippen molar-refractivity contribution in [2.45, 2.75) is 38.3 Å². The minimum Gasteiger partial charge on any atom is -0.489 e. The first-order valence-corrected chi connectivity index (χ1v) is 11.7. The van der Waals surface area contributed by atoms with Gasteiger partial charge >= 0.3 is 0 Å². The van der Waals surface area contributed by atoms with Gasteiger partial charge in [0.1, 0.15) is 12.4 Å². The molecule has 0 bridgehead atoms. The molecule has 2 fully saturated rings. The van der Waals surface area contributed by atoms with Crippen molar-refractivity contribution in [1.29, 1.82) is 0 Å². The summed E-state index contributed by atoms with van der Waals surface area (Å²) in [6.07, 6.45) is 3.35. The van der Waals surface area contributed by atoms with Gasteiger partial charge in [-0.1, -0.05) is 41.4 Å². The normalized spacial score (nSPS) is 22.4. The van der Waals surface area contributed by atoms with Gasteiger partial charge in [-0.15, -0.1) is 0 Å². The maximum atomic E-state index is 6.21. The van der Waals surface area contributed by atoms with Gasteiger partial charge in [-0.2, -0.15) is 0 Å². The molecule has 0 aliphatic carbocycles. The summed E-state index contributed by atoms with van der Waals surface area (Å²) in [4.78, 5) is 2.39. The third-order valence-corrected chi connectivity index (χ3v) is 6.40. The molecule has 2 aromatic carbocycles. The zero-order valence-electron chi connectivity index (χ0n) is 17.6. The molecule has 0 radical (unpaired) electrons. The van der Waals surface area contributed by atoms with Crippen LogP contribution in [0.3, 0.4) is 0 Å². The summed E-state index contributed by atoms with van der Waals surface area (Å²) in [5.74, 6) is 0.772. The van der Waals surface area contributed by atoms with E-state index in [0.29, 0.717) is 29.9 Å². The highest BCUT2D eigenvalue weighted by Crippen LogP contribution is 2.28. The average Bonchev–Trinajstić information content (AvgIpc) is 2.80. The van der Waals surface area contributed by atoms with E-state index in [1.54, 1.807) is 0 Å². The van der Waals surface area contributed by atoms with Crippen molar-refractivity contribution >= 4 is 23.2 Å². The lowest BCUT2D eigenvalue weighted by molar-refractivity contribution is -0.166. The monoisotopic (exact) mass is 465 g/mol. The number of ether oxygens (including phenoxy) is 4. The molecule has 2 atom stereocenters. The summed E-state index contributed by atoms with van der Waals surface area (Å²) in [6, 6.07) is 13.5. The molecule has 2 heterocycles. The van der Waals surface area contributed by atoms with E-state index in [4.69, 9.17) is 42.1 Å². The quantitative estimate of drug-likeness (QED) is 0.515. The van der Waals surface area contributed by atoms with Crippen molar-refractivity contribution in [1.82, 2.24) is 4.90 Å². The Morgan fingerprint density at radius 3 is 2.52 bits per heavy atom. The van der Waals surface area contributed by atoms with E-state index in [2.05, 4.69) is 17.0 Å². The van der Waals surface area contributed by atoms with Gasteiger partial charge in [0, 0.05) is 41.8 Å². The molecule has 0 N–H and O–H groups in total. The highest BCUT2D eigenvalue weighted by Gasteiger charge is 2.22. The van der Waals surface area contributed by atoms with Gasteiger partial charge in [0.25, 0.3) is 0 Å². The second kappa shape index (κ2) is 11.5. The van der Waals surface area contributed by atoms with Crippen LogP contribution in [0.4, 0.5) is 0 Å². The molecule has 2 aliphatic heterocycles. The molecule has 2 unspecified atom stereocenters. The van der Waals surface area contributed by atoms with Gasteiger partial charge in [-0.05, 0) is 49.1 Å². The lowest BCUT2D eigenvalue weighted by Gasteiger charge is -2.33. The maximum absolute atomic E-state index is 6.21. The van der Waals surface area contributed by atoms with Crippen LogP contribution in [0, 0.1) is 0 Å². The van der Waals surface area contributed by atoms with Gasteiger partial charge in [0.15, 0.2) is 6.29 Å². The lowest BCUT2D eigenvalue weighted by atomic mass is 10.1. The highest BCUT2D eigenvalue weighted by atomic mass is 35.5. The summed E-state index contributed by atoms with van der Waals surface area (Å²) in [5, 5.41) is 1.22. The van der Waals surface area contributed by atoms with E-state index in [9.17, 15) is 0 Å². The molecule has 5 nitrogen and oxygen atoms in total. The fourth-order valence-electron chi connectivity index (χ4n) is 3.87. The number of hydrogen-bond donors (Lipinski definition) is 0. The van der Waals surface area contributed by atoms with Crippen molar-refractivity contribution in [2.24, 2.45) is 0 Å². The average molecular weight is 466 g/mol. The lowest BCUT2D eigenvalue weighted by Crippen LogP contribution is -2.40. The van der Waals surface area contributed by atoms with Gasteiger partial charge in [0.2, 0.25) is 0 Å². The van der Waals surface area contributed by atoms with Crippen LogP contribution in [0.2, 0.25) is 10.0 Å². The zero-order valence-corrected chi connectivity index (χ0v) is 19.1. The van der Waals surface area contributed by atoms with E-state index in [1.165, 1.54) is 6.42 Å². The van der Waals surface area contributed by atoms with Crippen molar-refractivity contribution in [3.8, 4) is 5.75 Å². The van der Waals surface area contributed by atoms with Gasteiger partial charge in [0.05, 0.1) is 19.3 Å². The summed E-state index contributed by atoms with van der Waals surface area (Å²) < 4.78 is 23.4. The molecule has 31 heavy (non-hydrogen) atoms. The maximum Gasteiger partial charge on any atom is 0.157 e. The Kier molecular flexibility index (Phi) is 8.48. The molecule has 2 aliphatic rings. The number of nitrogens with zero attached hydrogens (tertiary/aromatic N) is 1. The van der Waals surface area contributed by atoms with Crippen LogP contribution >= 0.6 is 23.2 Å². The van der Waals surface area contributed by atoms with Crippen LogP contribution < -0.4 is 4.74 Å². The predicted molar refractivity (Wildman–Crippen MR) is 122 cm³/mol. The second-order valence-corrected chi connectivity index (χ2v) is 8.70. The minimum atomic E-state index is -0.0289. The van der Waals surface area contributed by atoms with Crippen LogP contribution in [0.5, 0.6) is 5.75 Å². The van der Waals surface area contributed by atoms with Gasteiger partial charge in [-0.3, -0.25) is 4.90 Å². The zero-order chi connectivity index (χ0) is 21.5. The molecule has 2 aromatic rings. The Morgan fingerprint density at radius 2 is 1.77 bits per heavy atom. The molecule has 0 aromatic heterocycles. The van der Waals surface area contributed by atoms with Crippen molar-refractivity contribution < 1.29 is 18.9 Å². The first kappa shape index (κ1) is 22.8. The fourth-order valence-corrected chi connectivity index (χ4v) is 4.37. The number of rotatable bonds is 8. The Morgan fingerprint density at radius 1 is 0.968 bits per heavy atom. The number of morpholine rings is 1. The Labute approximate surface area is 194 Å². The van der Waals surface area contributed by atoms with Crippen molar-refractivity contribution in [3.63, 3.8) is 0 Å². The SMILES string of the molecule is Clc1cccc(Cl)c1COc1ccc(C2CN(CCOC3CCCCO3)CCO2)cc1. The largest absolute Gasteiger partial charge is 0.489 e. The predicted octanol–water partition coefficient (Wildman–Crippen LogP) is 5.49. The topological polar surface area (TPSA) is 40.2 Å². The van der Waals surface area contributed by atoms with E-state index in [-0.39, 0.29) is 12.4 Å². The number of halogens is 2. The second-order valence-electron chi connectivity index (χ2n) is 7.88. The summed E-state index contributed by atoms with van der Waals surface area (Å²) >= 11 is 12.4. The van der Waals surface area contributed by atoms with Crippen molar-refractivity contribution in [2.75, 3.05) is 39.5 Å². The molecular weight excluding hydrogens is 437 g/mol. The molecule has 0 amide bonds. The van der Waals surface area contributed by atoms with Gasteiger partial charge < -0.3 is 18.9 Å². The Hall–Kier alpha value is -1.34. The minimum absolute atomic E-state index is 0.0289.